The summed E-state index contributed by atoms with van der Waals surface area (Å²) in [5, 5.41) is 1.91. The summed E-state index contributed by atoms with van der Waals surface area (Å²) in [7, 11) is 0. The van der Waals surface area contributed by atoms with Crippen molar-refractivity contribution in [3.63, 3.8) is 0 Å². The summed E-state index contributed by atoms with van der Waals surface area (Å²) in [6.07, 6.45) is 0. The molecule has 0 bridgehead atoms. The average Bonchev–Trinajstić information content (AvgIpc) is 3.07. The number of aryl methyl sites for hydroxylation is 1. The minimum absolute atomic E-state index is 0.257. The minimum Gasteiger partial charge on any atom is -0.456 e. The third-order valence-electron chi connectivity index (χ3n) is 3.74. The Morgan fingerprint density at radius 3 is 2.31 bits per heavy atom. The van der Waals surface area contributed by atoms with Crippen LogP contribution in [0.1, 0.15) is 36.9 Å². The van der Waals surface area contributed by atoms with Gasteiger partial charge >= 0.3 is 11.6 Å². The van der Waals surface area contributed by atoms with Gasteiger partial charge in [-0.1, -0.05) is 36.4 Å². The Morgan fingerprint density at radius 2 is 1.73 bits per heavy atom. The van der Waals surface area contributed by atoms with Crippen LogP contribution in [-0.4, -0.2) is 11.6 Å². The van der Waals surface area contributed by atoms with Crippen LogP contribution in [0.5, 0.6) is 0 Å². The van der Waals surface area contributed by atoms with E-state index in [0.29, 0.717) is 22.3 Å². The number of ether oxygens (including phenoxy) is 1. The van der Waals surface area contributed by atoms with Crippen LogP contribution in [0.25, 0.3) is 21.6 Å². The zero-order valence-electron chi connectivity index (χ0n) is 15.2. The quantitative estimate of drug-likeness (QED) is 0.589. The second-order valence-corrected chi connectivity index (χ2v) is 7.86. The SMILES string of the molecule is Cc1oc(=O)c(-c2ccccc2)c(-c2cccs2)c1C(=O)OC(C)(C)C. The van der Waals surface area contributed by atoms with Gasteiger partial charge in [-0.2, -0.15) is 0 Å². The van der Waals surface area contributed by atoms with Crippen molar-refractivity contribution in [3.05, 3.63) is 69.6 Å². The van der Waals surface area contributed by atoms with E-state index in [9.17, 15) is 9.59 Å². The molecule has 26 heavy (non-hydrogen) atoms. The summed E-state index contributed by atoms with van der Waals surface area (Å²) in [6, 6.07) is 13.0. The molecule has 0 saturated carbocycles. The van der Waals surface area contributed by atoms with Crippen LogP contribution in [0.3, 0.4) is 0 Å². The lowest BCUT2D eigenvalue weighted by molar-refractivity contribution is 0.00667. The highest BCUT2D eigenvalue weighted by atomic mass is 32.1. The van der Waals surface area contributed by atoms with E-state index >= 15 is 0 Å². The highest BCUT2D eigenvalue weighted by Gasteiger charge is 2.28. The Balaban J connectivity index is 2.34. The number of esters is 1. The molecule has 2 aromatic heterocycles. The van der Waals surface area contributed by atoms with E-state index in [-0.39, 0.29) is 5.76 Å². The van der Waals surface area contributed by atoms with Gasteiger partial charge in [0.05, 0.1) is 5.56 Å². The maximum Gasteiger partial charge on any atom is 0.344 e. The van der Waals surface area contributed by atoms with Crippen LogP contribution in [0.4, 0.5) is 0 Å². The largest absolute Gasteiger partial charge is 0.456 e. The van der Waals surface area contributed by atoms with Crippen LogP contribution >= 0.6 is 11.3 Å². The van der Waals surface area contributed by atoms with E-state index in [1.54, 1.807) is 6.92 Å². The lowest BCUT2D eigenvalue weighted by Gasteiger charge is -2.21. The van der Waals surface area contributed by atoms with Gasteiger partial charge < -0.3 is 9.15 Å². The van der Waals surface area contributed by atoms with Gasteiger partial charge in [-0.3, -0.25) is 0 Å². The van der Waals surface area contributed by atoms with Crippen molar-refractivity contribution in [2.75, 3.05) is 0 Å². The molecular weight excluding hydrogens is 348 g/mol. The van der Waals surface area contributed by atoms with Crippen molar-refractivity contribution in [2.45, 2.75) is 33.3 Å². The molecule has 0 aliphatic heterocycles. The lowest BCUT2D eigenvalue weighted by Crippen LogP contribution is -2.25. The summed E-state index contributed by atoms with van der Waals surface area (Å²) < 4.78 is 11.0. The summed E-state index contributed by atoms with van der Waals surface area (Å²) >= 11 is 1.46. The summed E-state index contributed by atoms with van der Waals surface area (Å²) in [4.78, 5) is 26.4. The van der Waals surface area contributed by atoms with Gasteiger partial charge in [0, 0.05) is 10.4 Å². The van der Waals surface area contributed by atoms with Crippen molar-refractivity contribution < 1.29 is 13.9 Å². The molecule has 0 saturated heterocycles. The molecule has 0 unspecified atom stereocenters. The number of carbonyl (C=O) groups excluding carboxylic acids is 1. The Kier molecular flexibility index (Phi) is 4.83. The third-order valence-corrected chi connectivity index (χ3v) is 4.62. The van der Waals surface area contributed by atoms with Crippen LogP contribution in [0.15, 0.2) is 57.1 Å². The first-order valence-electron chi connectivity index (χ1n) is 8.28. The Bertz CT molecular complexity index is 977. The third kappa shape index (κ3) is 3.63. The van der Waals surface area contributed by atoms with Gasteiger partial charge in [-0.25, -0.2) is 9.59 Å². The van der Waals surface area contributed by atoms with Crippen LogP contribution in [0.2, 0.25) is 0 Å². The second kappa shape index (κ2) is 6.92. The molecule has 0 atom stereocenters. The first kappa shape index (κ1) is 18.1. The summed E-state index contributed by atoms with van der Waals surface area (Å²) in [5.41, 5.74) is 0.813. The fraction of sp³-hybridized carbons (Fsp3) is 0.238. The molecule has 3 rings (SSSR count). The molecule has 1 aromatic carbocycles. The first-order chi connectivity index (χ1) is 12.3. The Hall–Kier alpha value is -2.66. The standard InChI is InChI=1S/C21H20O4S/c1-13-16(20(23)25-21(2,3)4)18(15-11-8-12-26-15)17(19(22)24-13)14-9-6-5-7-10-14/h5-12H,1-4H3. The van der Waals surface area contributed by atoms with E-state index in [2.05, 4.69) is 0 Å². The number of rotatable bonds is 3. The predicted molar refractivity (Wildman–Crippen MR) is 104 cm³/mol. The van der Waals surface area contributed by atoms with Crippen molar-refractivity contribution in [2.24, 2.45) is 0 Å². The van der Waals surface area contributed by atoms with Gasteiger partial charge in [0.15, 0.2) is 0 Å². The Morgan fingerprint density at radius 1 is 1.04 bits per heavy atom. The highest BCUT2D eigenvalue weighted by molar-refractivity contribution is 7.13. The van der Waals surface area contributed by atoms with Crippen LogP contribution in [-0.2, 0) is 4.74 Å². The topological polar surface area (TPSA) is 56.5 Å². The smallest absolute Gasteiger partial charge is 0.344 e. The van der Waals surface area contributed by atoms with E-state index in [0.717, 1.165) is 4.88 Å². The van der Waals surface area contributed by atoms with Crippen molar-refractivity contribution in [1.82, 2.24) is 0 Å². The molecule has 0 N–H and O–H groups in total. The van der Waals surface area contributed by atoms with Crippen LogP contribution in [0, 0.1) is 6.92 Å². The number of hydrogen-bond donors (Lipinski definition) is 0. The van der Waals surface area contributed by atoms with Crippen molar-refractivity contribution in [1.29, 1.82) is 0 Å². The monoisotopic (exact) mass is 368 g/mol. The van der Waals surface area contributed by atoms with E-state index < -0.39 is 17.2 Å². The normalized spacial score (nSPS) is 11.4. The average molecular weight is 368 g/mol. The molecule has 5 heteroatoms. The number of benzene rings is 1. The fourth-order valence-corrected chi connectivity index (χ4v) is 3.54. The molecule has 0 aliphatic rings. The highest BCUT2D eigenvalue weighted by Crippen LogP contribution is 2.37. The number of hydrogen-bond acceptors (Lipinski definition) is 5. The maximum atomic E-state index is 12.9. The molecule has 4 nitrogen and oxygen atoms in total. The molecule has 0 fully saturated rings. The van der Waals surface area contributed by atoms with E-state index in [1.807, 2.05) is 68.6 Å². The van der Waals surface area contributed by atoms with Gasteiger partial charge in [-0.05, 0) is 44.7 Å². The molecule has 134 valence electrons. The molecular formula is C21H20O4S. The fourth-order valence-electron chi connectivity index (χ4n) is 2.75. The number of carbonyl (C=O) groups is 1. The first-order valence-corrected chi connectivity index (χ1v) is 9.16. The van der Waals surface area contributed by atoms with E-state index in [1.165, 1.54) is 11.3 Å². The molecule has 0 spiro atoms. The summed E-state index contributed by atoms with van der Waals surface area (Å²) in [5.74, 6) is -0.244. The molecule has 3 aromatic rings. The summed E-state index contributed by atoms with van der Waals surface area (Å²) in [6.45, 7) is 7.04. The van der Waals surface area contributed by atoms with Gasteiger partial charge in [0.1, 0.15) is 16.9 Å². The van der Waals surface area contributed by atoms with Gasteiger partial charge in [0.25, 0.3) is 0 Å². The molecule has 0 radical (unpaired) electrons. The second-order valence-electron chi connectivity index (χ2n) is 6.92. The van der Waals surface area contributed by atoms with Crippen molar-refractivity contribution in [3.8, 4) is 21.6 Å². The zero-order chi connectivity index (χ0) is 18.9. The molecule has 0 amide bonds. The minimum atomic E-state index is -0.653. The number of thiophene rings is 1. The van der Waals surface area contributed by atoms with E-state index in [4.69, 9.17) is 9.15 Å². The Labute approximate surface area is 156 Å². The van der Waals surface area contributed by atoms with Crippen molar-refractivity contribution >= 4 is 17.3 Å². The lowest BCUT2D eigenvalue weighted by atomic mass is 9.95. The van der Waals surface area contributed by atoms with Gasteiger partial charge in [-0.15, -0.1) is 11.3 Å². The van der Waals surface area contributed by atoms with Crippen LogP contribution < -0.4 is 5.63 Å². The maximum absolute atomic E-state index is 12.9. The molecule has 2 heterocycles. The van der Waals surface area contributed by atoms with Gasteiger partial charge in [0.2, 0.25) is 0 Å². The predicted octanol–water partition coefficient (Wildman–Crippen LogP) is 5.30. The molecule has 0 aliphatic carbocycles. The zero-order valence-corrected chi connectivity index (χ0v) is 16.0.